The quantitative estimate of drug-likeness (QED) is 0.592. The molecule has 3 unspecified atom stereocenters. The van der Waals surface area contributed by atoms with E-state index in [1.54, 1.807) is 0 Å². The van der Waals surface area contributed by atoms with Crippen LogP contribution in [0.15, 0.2) is 9.98 Å². The highest BCUT2D eigenvalue weighted by atomic mass is 32.2. The standard InChI is InChI=1S/C23H38N4O6S/c1-15-20(31-18-8-10-26(11-9-18)34(5,29)30)24-14-25-21(15)32-19-12-16-6-7-17(13-19)27(16)22(28)33-23(2,3)4/h15-19H,6-14H2,1-5H3. The zero-order valence-corrected chi connectivity index (χ0v) is 21.7. The Labute approximate surface area is 202 Å². The van der Waals surface area contributed by atoms with Gasteiger partial charge in [-0.05, 0) is 53.4 Å². The molecular formula is C23H38N4O6S. The molecule has 1 amide bonds. The summed E-state index contributed by atoms with van der Waals surface area (Å²) < 4.78 is 43.1. The first-order chi connectivity index (χ1) is 15.9. The van der Waals surface area contributed by atoms with Crippen molar-refractivity contribution in [1.82, 2.24) is 9.21 Å². The number of sulfonamides is 1. The van der Waals surface area contributed by atoms with Crippen molar-refractivity contribution in [2.45, 2.75) is 96.1 Å². The van der Waals surface area contributed by atoms with E-state index in [1.807, 2.05) is 32.6 Å². The van der Waals surface area contributed by atoms with Crippen LogP contribution in [0, 0.1) is 5.92 Å². The van der Waals surface area contributed by atoms with Crippen LogP contribution in [-0.2, 0) is 24.2 Å². The van der Waals surface area contributed by atoms with Gasteiger partial charge in [-0.25, -0.2) is 27.5 Å². The molecule has 192 valence electrons. The second kappa shape index (κ2) is 9.64. The first-order valence-corrected chi connectivity index (χ1v) is 14.1. The highest BCUT2D eigenvalue weighted by molar-refractivity contribution is 7.88. The number of hydrogen-bond acceptors (Lipinski definition) is 8. The second-order valence-corrected chi connectivity index (χ2v) is 12.8. The smallest absolute Gasteiger partial charge is 0.410 e. The molecule has 0 saturated carbocycles. The number of amides is 1. The summed E-state index contributed by atoms with van der Waals surface area (Å²) in [6.07, 6.45) is 5.68. The number of ether oxygens (including phenoxy) is 3. The van der Waals surface area contributed by atoms with E-state index in [2.05, 4.69) is 9.98 Å². The average molecular weight is 499 g/mol. The number of rotatable bonds is 3. The van der Waals surface area contributed by atoms with Crippen molar-refractivity contribution >= 4 is 27.9 Å². The Morgan fingerprint density at radius 3 is 1.97 bits per heavy atom. The second-order valence-electron chi connectivity index (χ2n) is 10.8. The number of carbonyl (C=O) groups excluding carboxylic acids is 1. The molecule has 4 aliphatic rings. The summed E-state index contributed by atoms with van der Waals surface area (Å²) in [6.45, 7) is 8.83. The Kier molecular flexibility index (Phi) is 7.15. The molecule has 0 aromatic carbocycles. The van der Waals surface area contributed by atoms with Gasteiger partial charge in [0.25, 0.3) is 0 Å². The van der Waals surface area contributed by atoms with Gasteiger partial charge in [0.05, 0.1) is 6.26 Å². The predicted molar refractivity (Wildman–Crippen MR) is 128 cm³/mol. The molecule has 10 nitrogen and oxygen atoms in total. The summed E-state index contributed by atoms with van der Waals surface area (Å²) in [5, 5.41) is 0. The van der Waals surface area contributed by atoms with Gasteiger partial charge in [0.15, 0.2) is 11.8 Å². The van der Waals surface area contributed by atoms with Crippen molar-refractivity contribution in [1.29, 1.82) is 0 Å². The molecule has 11 heteroatoms. The lowest BCUT2D eigenvalue weighted by atomic mass is 9.99. The predicted octanol–water partition coefficient (Wildman–Crippen LogP) is 2.78. The van der Waals surface area contributed by atoms with Gasteiger partial charge in [0.2, 0.25) is 10.0 Å². The van der Waals surface area contributed by atoms with Crippen LogP contribution in [-0.4, -0.2) is 91.4 Å². The van der Waals surface area contributed by atoms with Gasteiger partial charge >= 0.3 is 6.09 Å². The van der Waals surface area contributed by atoms with Gasteiger partial charge in [-0.15, -0.1) is 0 Å². The number of hydrogen-bond donors (Lipinski definition) is 0. The van der Waals surface area contributed by atoms with Crippen LogP contribution in [0.4, 0.5) is 4.79 Å². The molecule has 0 aromatic rings. The van der Waals surface area contributed by atoms with Crippen molar-refractivity contribution in [3.05, 3.63) is 0 Å². The Morgan fingerprint density at radius 2 is 1.47 bits per heavy atom. The number of fused-ring (bicyclic) bond motifs is 2. The van der Waals surface area contributed by atoms with E-state index < -0.39 is 15.6 Å². The summed E-state index contributed by atoms with van der Waals surface area (Å²) in [5.41, 5.74) is -0.507. The number of piperidine rings is 2. The van der Waals surface area contributed by atoms with E-state index in [1.165, 1.54) is 10.6 Å². The molecule has 0 radical (unpaired) electrons. The molecule has 3 saturated heterocycles. The molecule has 2 bridgehead atoms. The van der Waals surface area contributed by atoms with E-state index >= 15 is 0 Å². The summed E-state index contributed by atoms with van der Waals surface area (Å²) in [6, 6.07) is 0.255. The van der Waals surface area contributed by atoms with Crippen molar-refractivity contribution in [2.75, 3.05) is 26.0 Å². The van der Waals surface area contributed by atoms with E-state index in [0.717, 1.165) is 25.7 Å². The molecule has 0 N–H and O–H groups in total. The molecule has 3 fully saturated rings. The Bertz CT molecular complexity index is 922. The molecular weight excluding hydrogens is 460 g/mol. The largest absolute Gasteiger partial charge is 0.477 e. The third-order valence-corrected chi connectivity index (χ3v) is 8.24. The van der Waals surface area contributed by atoms with Crippen LogP contribution in [0.1, 0.15) is 66.2 Å². The highest BCUT2D eigenvalue weighted by Crippen LogP contribution is 2.38. The topological polar surface area (TPSA) is 110 Å². The maximum absolute atomic E-state index is 12.7. The van der Waals surface area contributed by atoms with Crippen molar-refractivity contribution in [2.24, 2.45) is 15.9 Å². The van der Waals surface area contributed by atoms with Crippen LogP contribution in [0.2, 0.25) is 0 Å². The van der Waals surface area contributed by atoms with Crippen LogP contribution in [0.3, 0.4) is 0 Å². The maximum Gasteiger partial charge on any atom is 0.410 e. The van der Waals surface area contributed by atoms with Crippen LogP contribution >= 0.6 is 0 Å². The first-order valence-electron chi connectivity index (χ1n) is 12.3. The summed E-state index contributed by atoms with van der Waals surface area (Å²) in [5.74, 6) is 1.05. The van der Waals surface area contributed by atoms with Crippen LogP contribution in [0.25, 0.3) is 0 Å². The Balaban J connectivity index is 1.29. The first kappa shape index (κ1) is 25.2. The maximum atomic E-state index is 12.7. The average Bonchev–Trinajstić information content (AvgIpc) is 3.00. The Morgan fingerprint density at radius 1 is 0.941 bits per heavy atom. The monoisotopic (exact) mass is 498 g/mol. The number of carbonyl (C=O) groups is 1. The van der Waals surface area contributed by atoms with Crippen molar-refractivity contribution < 1.29 is 27.4 Å². The highest BCUT2D eigenvalue weighted by Gasteiger charge is 2.46. The minimum atomic E-state index is -3.16. The zero-order chi connectivity index (χ0) is 24.7. The number of aliphatic imine (C=N–C) groups is 2. The summed E-state index contributed by atoms with van der Waals surface area (Å²) in [7, 11) is -3.16. The van der Waals surface area contributed by atoms with Gasteiger partial charge in [0.1, 0.15) is 30.4 Å². The fourth-order valence-electron chi connectivity index (χ4n) is 5.29. The van der Waals surface area contributed by atoms with Gasteiger partial charge in [-0.2, -0.15) is 0 Å². The van der Waals surface area contributed by atoms with E-state index in [9.17, 15) is 13.2 Å². The number of nitrogens with zero attached hydrogens (tertiary/aromatic N) is 4. The fraction of sp³-hybridized carbons (Fsp3) is 0.870. The van der Waals surface area contributed by atoms with Crippen molar-refractivity contribution in [3.8, 4) is 0 Å². The van der Waals surface area contributed by atoms with E-state index in [-0.39, 0.29) is 43.0 Å². The lowest BCUT2D eigenvalue weighted by Gasteiger charge is -2.40. The zero-order valence-electron chi connectivity index (χ0n) is 20.9. The molecule has 34 heavy (non-hydrogen) atoms. The normalized spacial score (nSPS) is 31.0. The van der Waals surface area contributed by atoms with E-state index in [4.69, 9.17) is 14.2 Å². The molecule has 0 aliphatic carbocycles. The summed E-state index contributed by atoms with van der Waals surface area (Å²) >= 11 is 0. The molecule has 4 heterocycles. The van der Waals surface area contributed by atoms with Crippen molar-refractivity contribution in [3.63, 3.8) is 0 Å². The Hall–Kier alpha value is -1.88. The minimum Gasteiger partial charge on any atom is -0.477 e. The van der Waals surface area contributed by atoms with E-state index in [0.29, 0.717) is 37.7 Å². The SMILES string of the molecule is CC1C(OC2CCN(S(C)(=O)=O)CC2)=NCN=C1OC1CC2CCC(C1)N2C(=O)OC(C)(C)C. The fourth-order valence-corrected chi connectivity index (χ4v) is 6.17. The summed E-state index contributed by atoms with van der Waals surface area (Å²) in [4.78, 5) is 23.6. The van der Waals surface area contributed by atoms with Crippen LogP contribution < -0.4 is 0 Å². The van der Waals surface area contributed by atoms with Gasteiger partial charge < -0.3 is 19.1 Å². The third kappa shape index (κ3) is 5.84. The molecule has 0 spiro atoms. The molecule has 0 aromatic heterocycles. The van der Waals surface area contributed by atoms with Gasteiger partial charge in [0, 0.05) is 38.0 Å². The molecule has 4 rings (SSSR count). The lowest BCUT2D eigenvalue weighted by molar-refractivity contribution is -0.00959. The van der Waals surface area contributed by atoms with Gasteiger partial charge in [-0.1, -0.05) is 0 Å². The molecule has 4 aliphatic heterocycles. The third-order valence-electron chi connectivity index (χ3n) is 6.93. The minimum absolute atomic E-state index is 0.00487. The molecule has 3 atom stereocenters. The van der Waals surface area contributed by atoms with Crippen LogP contribution in [0.5, 0.6) is 0 Å². The van der Waals surface area contributed by atoms with Gasteiger partial charge in [-0.3, -0.25) is 0 Å². The lowest BCUT2D eigenvalue weighted by Crippen LogP contribution is -2.50.